The van der Waals surface area contributed by atoms with Crippen LogP contribution < -0.4 is 9.47 Å². The minimum atomic E-state index is -0.752. The largest absolute Gasteiger partial charge is 0.421 e. The van der Waals surface area contributed by atoms with Gasteiger partial charge in [-0.25, -0.2) is 29.5 Å². The van der Waals surface area contributed by atoms with E-state index in [2.05, 4.69) is 19.9 Å². The zero-order valence-electron chi connectivity index (χ0n) is 18.7. The molecule has 0 atom stereocenters. The molecule has 0 spiro atoms. The molecule has 6 rings (SSSR count). The van der Waals surface area contributed by atoms with Gasteiger partial charge in [0.25, 0.3) is 0 Å². The lowest BCUT2D eigenvalue weighted by atomic mass is 10.2. The molecule has 0 aliphatic heterocycles. The second-order valence-corrected chi connectivity index (χ2v) is 7.85. The molecule has 172 valence electrons. The second-order valence-electron chi connectivity index (χ2n) is 7.85. The summed E-state index contributed by atoms with van der Waals surface area (Å²) in [5, 5.41) is 0. The lowest BCUT2D eigenvalue weighted by Crippen LogP contribution is -2.09. The molecule has 2 aromatic heterocycles. The quantitative estimate of drug-likeness (QED) is 0.154. The van der Waals surface area contributed by atoms with Crippen LogP contribution in [0.1, 0.15) is 0 Å². The summed E-state index contributed by atoms with van der Waals surface area (Å²) in [6.07, 6.45) is 2.00. The predicted molar refractivity (Wildman–Crippen MR) is 134 cm³/mol. The summed E-state index contributed by atoms with van der Waals surface area (Å²) in [6.45, 7) is 0. The molecule has 0 radical (unpaired) electrons. The molecule has 0 aliphatic carbocycles. The van der Waals surface area contributed by atoms with Gasteiger partial charge in [-0.1, -0.05) is 36.4 Å². The number of nitrogens with zero attached hydrogens (tertiary/aromatic N) is 4. The van der Waals surface area contributed by atoms with Crippen LogP contribution in [0, 0.1) is 0 Å². The number of rotatable bonds is 4. The number of hydrogen-bond donors (Lipinski definition) is 0. The number of esters is 2. The summed E-state index contributed by atoms with van der Waals surface area (Å²) in [5.74, 6) is -1.02. The van der Waals surface area contributed by atoms with Crippen molar-refractivity contribution in [3.05, 3.63) is 97.1 Å². The smallest absolute Gasteiger partial charge is 0.336 e. The Morgan fingerprint density at radius 1 is 0.472 bits per heavy atom. The maximum atomic E-state index is 12.4. The van der Waals surface area contributed by atoms with Gasteiger partial charge >= 0.3 is 11.9 Å². The molecule has 0 bridgehead atoms. The first-order chi connectivity index (χ1) is 17.6. The van der Waals surface area contributed by atoms with Gasteiger partial charge in [-0.05, 0) is 48.5 Å². The zero-order valence-corrected chi connectivity index (χ0v) is 18.7. The molecule has 8 nitrogen and oxygen atoms in total. The minimum absolute atomic E-state index is 0.241. The van der Waals surface area contributed by atoms with Gasteiger partial charge in [0.15, 0.2) is 11.5 Å². The van der Waals surface area contributed by atoms with E-state index in [4.69, 9.17) is 9.47 Å². The molecule has 8 heteroatoms. The van der Waals surface area contributed by atoms with E-state index in [0.717, 1.165) is 23.2 Å². The molecule has 2 heterocycles. The number of fused-ring (bicyclic) bond motifs is 4. The second kappa shape index (κ2) is 8.84. The Morgan fingerprint density at radius 3 is 1.25 bits per heavy atom. The number of hydrogen-bond acceptors (Lipinski definition) is 8. The van der Waals surface area contributed by atoms with Crippen molar-refractivity contribution in [1.82, 2.24) is 19.9 Å². The van der Waals surface area contributed by atoms with Crippen LogP contribution in [0.15, 0.2) is 97.1 Å². The summed E-state index contributed by atoms with van der Waals surface area (Å²) in [6, 6.07) is 25.1. The van der Waals surface area contributed by atoms with E-state index >= 15 is 0 Å². The van der Waals surface area contributed by atoms with Crippen molar-refractivity contribution in [2.45, 2.75) is 0 Å². The fraction of sp³-hybridized carbons (Fsp3) is 0. The van der Waals surface area contributed by atoms with Gasteiger partial charge in [-0.15, -0.1) is 0 Å². The Bertz CT molecular complexity index is 1710. The first kappa shape index (κ1) is 21.3. The summed E-state index contributed by atoms with van der Waals surface area (Å²) in [5.41, 5.74) is 4.91. The first-order valence-corrected chi connectivity index (χ1v) is 11.1. The van der Waals surface area contributed by atoms with Crippen molar-refractivity contribution in [1.29, 1.82) is 0 Å². The highest BCUT2D eigenvalue weighted by molar-refractivity contribution is 5.97. The van der Waals surface area contributed by atoms with E-state index < -0.39 is 11.9 Å². The van der Waals surface area contributed by atoms with Crippen molar-refractivity contribution in [3.8, 4) is 11.5 Å². The molecule has 0 aliphatic rings. The maximum absolute atomic E-state index is 12.4. The third-order valence-corrected chi connectivity index (χ3v) is 5.44. The van der Waals surface area contributed by atoms with E-state index in [-0.39, 0.29) is 11.5 Å². The average Bonchev–Trinajstić information content (AvgIpc) is 2.90. The van der Waals surface area contributed by atoms with Crippen LogP contribution in [-0.4, -0.2) is 31.9 Å². The fourth-order valence-electron chi connectivity index (χ4n) is 3.82. The van der Waals surface area contributed by atoms with Crippen LogP contribution in [0.25, 0.3) is 44.1 Å². The fourth-order valence-corrected chi connectivity index (χ4v) is 3.82. The minimum Gasteiger partial charge on any atom is -0.421 e. The van der Waals surface area contributed by atoms with Gasteiger partial charge in [0.05, 0.1) is 33.1 Å². The lowest BCUT2D eigenvalue weighted by molar-refractivity contribution is -0.131. The number of para-hydroxylation sites is 6. The van der Waals surface area contributed by atoms with Crippen LogP contribution in [0.3, 0.4) is 0 Å². The van der Waals surface area contributed by atoms with Crippen molar-refractivity contribution >= 4 is 56.1 Å². The molecule has 0 N–H and O–H groups in total. The summed E-state index contributed by atoms with van der Waals surface area (Å²) >= 11 is 0. The van der Waals surface area contributed by atoms with Gasteiger partial charge < -0.3 is 9.47 Å². The molecule has 0 saturated heterocycles. The molecule has 6 aromatic rings. The van der Waals surface area contributed by atoms with Crippen molar-refractivity contribution < 1.29 is 19.1 Å². The number of carbonyl (C=O) groups is 2. The van der Waals surface area contributed by atoms with E-state index in [0.29, 0.717) is 33.1 Å². The van der Waals surface area contributed by atoms with E-state index in [1.807, 2.05) is 48.5 Å². The Kier molecular flexibility index (Phi) is 5.23. The van der Waals surface area contributed by atoms with Gasteiger partial charge in [0, 0.05) is 12.2 Å². The lowest BCUT2D eigenvalue weighted by Gasteiger charge is -2.07. The molecular formula is C28H16N4O4. The van der Waals surface area contributed by atoms with Gasteiger partial charge in [0.2, 0.25) is 0 Å². The Labute approximate surface area is 203 Å². The Balaban J connectivity index is 1.21. The van der Waals surface area contributed by atoms with E-state index in [1.54, 1.807) is 36.4 Å². The Hall–Kier alpha value is -5.24. The first-order valence-electron chi connectivity index (χ1n) is 11.1. The number of ether oxygens (including phenoxy) is 2. The highest BCUT2D eigenvalue weighted by Crippen LogP contribution is 2.26. The molecule has 0 fully saturated rings. The van der Waals surface area contributed by atoms with Crippen LogP contribution in [0.4, 0.5) is 0 Å². The predicted octanol–water partition coefficient (Wildman–Crippen LogP) is 4.95. The normalized spacial score (nSPS) is 11.4. The average molecular weight is 472 g/mol. The third-order valence-electron chi connectivity index (χ3n) is 5.44. The van der Waals surface area contributed by atoms with Crippen molar-refractivity contribution in [2.75, 3.05) is 0 Å². The van der Waals surface area contributed by atoms with Crippen LogP contribution in [-0.2, 0) is 9.59 Å². The van der Waals surface area contributed by atoms with Crippen LogP contribution >= 0.6 is 0 Å². The molecule has 0 saturated carbocycles. The topological polar surface area (TPSA) is 104 Å². The standard InChI is InChI=1S/C28H16N4O4/c33-25(35-23-13-5-11-21-27(23)31-19-9-3-1-7-17(19)29-21)15-16-26(34)36-24-14-6-12-22-28(24)32-20-10-4-2-8-18(20)30-22/h1-16H/b16-15-. The third kappa shape index (κ3) is 4.07. The number of benzene rings is 4. The summed E-state index contributed by atoms with van der Waals surface area (Å²) in [7, 11) is 0. The number of carbonyl (C=O) groups excluding carboxylic acids is 2. The molecule has 36 heavy (non-hydrogen) atoms. The Morgan fingerprint density at radius 2 is 0.833 bits per heavy atom. The van der Waals surface area contributed by atoms with Crippen LogP contribution in [0.2, 0.25) is 0 Å². The SMILES string of the molecule is O=C(/C=C\C(=O)Oc1cccc2nc3ccccc3nc12)Oc1cccc2nc3ccccc3nc12. The summed E-state index contributed by atoms with van der Waals surface area (Å²) < 4.78 is 10.9. The van der Waals surface area contributed by atoms with Crippen molar-refractivity contribution in [3.63, 3.8) is 0 Å². The summed E-state index contributed by atoms with van der Waals surface area (Å²) in [4.78, 5) is 43.1. The number of aromatic nitrogens is 4. The van der Waals surface area contributed by atoms with E-state index in [1.165, 1.54) is 0 Å². The molecular weight excluding hydrogens is 456 g/mol. The van der Waals surface area contributed by atoms with E-state index in [9.17, 15) is 9.59 Å². The van der Waals surface area contributed by atoms with Gasteiger partial charge in [-0.3, -0.25) is 0 Å². The molecule has 0 amide bonds. The highest BCUT2D eigenvalue weighted by Gasteiger charge is 2.12. The monoisotopic (exact) mass is 472 g/mol. The zero-order chi connectivity index (χ0) is 24.5. The van der Waals surface area contributed by atoms with Crippen molar-refractivity contribution in [2.24, 2.45) is 0 Å². The van der Waals surface area contributed by atoms with Gasteiger partial charge in [0.1, 0.15) is 11.0 Å². The van der Waals surface area contributed by atoms with Gasteiger partial charge in [-0.2, -0.15) is 0 Å². The highest BCUT2D eigenvalue weighted by atomic mass is 16.5. The molecule has 0 unspecified atom stereocenters. The molecule has 4 aromatic carbocycles. The van der Waals surface area contributed by atoms with Crippen LogP contribution in [0.5, 0.6) is 11.5 Å². The maximum Gasteiger partial charge on any atom is 0.336 e.